The number of ketones is 1. The third kappa shape index (κ3) is 5.74. The highest BCUT2D eigenvalue weighted by atomic mass is 32.2. The van der Waals surface area contributed by atoms with E-state index < -0.39 is 17.3 Å². The minimum Gasteiger partial charge on any atom is -0.467 e. The van der Waals surface area contributed by atoms with Crippen molar-refractivity contribution in [1.82, 2.24) is 5.32 Å². The van der Waals surface area contributed by atoms with Crippen LogP contribution in [0.3, 0.4) is 0 Å². The van der Waals surface area contributed by atoms with Gasteiger partial charge < -0.3 is 10.1 Å². The number of carbonyl (C=O) groups is 3. The number of carbonyl (C=O) groups excluding carboxylic acids is 3. The van der Waals surface area contributed by atoms with Crippen molar-refractivity contribution in [3.8, 4) is 0 Å². The Morgan fingerprint density at radius 1 is 1.00 bits per heavy atom. The molecule has 26 heavy (non-hydrogen) atoms. The second-order valence-electron chi connectivity index (χ2n) is 5.67. The zero-order valence-electron chi connectivity index (χ0n) is 14.7. The van der Waals surface area contributed by atoms with Crippen molar-refractivity contribution in [2.24, 2.45) is 0 Å². The van der Waals surface area contributed by atoms with E-state index in [1.165, 1.54) is 25.8 Å². The first-order chi connectivity index (χ1) is 12.5. The van der Waals surface area contributed by atoms with Crippen molar-refractivity contribution in [1.29, 1.82) is 0 Å². The quantitative estimate of drug-likeness (QED) is 0.570. The molecule has 136 valence electrons. The number of ether oxygens (including phenoxy) is 1. The van der Waals surface area contributed by atoms with Gasteiger partial charge in [-0.25, -0.2) is 4.79 Å². The van der Waals surface area contributed by atoms with Gasteiger partial charge in [0, 0.05) is 18.2 Å². The number of rotatable bonds is 8. The van der Waals surface area contributed by atoms with Gasteiger partial charge in [0.05, 0.1) is 12.4 Å². The zero-order valence-corrected chi connectivity index (χ0v) is 15.5. The maximum atomic E-state index is 13.0. The van der Waals surface area contributed by atoms with Crippen LogP contribution in [0.25, 0.3) is 0 Å². The lowest BCUT2D eigenvalue weighted by Crippen LogP contribution is -2.42. The summed E-state index contributed by atoms with van der Waals surface area (Å²) in [4.78, 5) is 37.2. The Morgan fingerprint density at radius 2 is 1.58 bits per heavy atom. The molecule has 0 heterocycles. The molecule has 1 unspecified atom stereocenters. The van der Waals surface area contributed by atoms with E-state index in [4.69, 9.17) is 4.74 Å². The molecule has 2 rings (SSSR count). The molecule has 2 aromatic rings. The van der Waals surface area contributed by atoms with E-state index in [1.807, 2.05) is 60.7 Å². The predicted octanol–water partition coefficient (Wildman–Crippen LogP) is 3.16. The minimum atomic E-state index is -0.993. The number of hydrogen-bond donors (Lipinski definition) is 1. The van der Waals surface area contributed by atoms with E-state index in [-0.39, 0.29) is 18.1 Å². The van der Waals surface area contributed by atoms with Crippen molar-refractivity contribution in [2.75, 3.05) is 7.11 Å². The van der Waals surface area contributed by atoms with Gasteiger partial charge in [0.1, 0.15) is 6.04 Å². The first kappa shape index (κ1) is 19.7. The molecule has 1 N–H and O–H groups in total. The largest absolute Gasteiger partial charge is 0.467 e. The number of methoxy groups -OCH3 is 1. The first-order valence-corrected chi connectivity index (χ1v) is 9.03. The van der Waals surface area contributed by atoms with Crippen molar-refractivity contribution in [3.05, 3.63) is 66.2 Å². The van der Waals surface area contributed by atoms with Crippen LogP contribution in [0.15, 0.2) is 65.6 Å². The van der Waals surface area contributed by atoms with Crippen LogP contribution < -0.4 is 5.32 Å². The SMILES string of the molecule is COC(=O)[C@H](CC(=O)C(Sc1ccccc1)c1ccccc1)NC(C)=O. The van der Waals surface area contributed by atoms with Gasteiger partial charge in [-0.3, -0.25) is 9.59 Å². The molecule has 0 aromatic heterocycles. The molecular weight excluding hydrogens is 350 g/mol. The van der Waals surface area contributed by atoms with E-state index in [2.05, 4.69) is 5.32 Å². The van der Waals surface area contributed by atoms with Crippen molar-refractivity contribution < 1.29 is 19.1 Å². The molecule has 0 saturated heterocycles. The lowest BCUT2D eigenvalue weighted by atomic mass is 10.0. The van der Waals surface area contributed by atoms with Gasteiger partial charge in [-0.1, -0.05) is 48.5 Å². The monoisotopic (exact) mass is 371 g/mol. The van der Waals surface area contributed by atoms with Crippen molar-refractivity contribution >= 4 is 29.4 Å². The smallest absolute Gasteiger partial charge is 0.328 e. The second kappa shape index (κ2) is 9.77. The Balaban J connectivity index is 2.24. The molecule has 1 amide bonds. The fourth-order valence-electron chi connectivity index (χ4n) is 2.47. The number of esters is 1. The Bertz CT molecular complexity index is 749. The number of thioether (sulfide) groups is 1. The molecule has 2 atom stereocenters. The van der Waals surface area contributed by atoms with Crippen LogP contribution in [-0.2, 0) is 19.1 Å². The summed E-state index contributed by atoms with van der Waals surface area (Å²) in [6.07, 6.45) is -0.133. The summed E-state index contributed by atoms with van der Waals surface area (Å²) in [5.41, 5.74) is 0.845. The lowest BCUT2D eigenvalue weighted by Gasteiger charge is -2.20. The molecule has 0 saturated carbocycles. The number of Topliss-reactive ketones (excluding diaryl/α,β-unsaturated/α-hetero) is 1. The molecule has 0 spiro atoms. The fraction of sp³-hybridized carbons (Fsp3) is 0.250. The molecule has 0 aliphatic heterocycles. The highest BCUT2D eigenvalue weighted by Crippen LogP contribution is 2.36. The first-order valence-electron chi connectivity index (χ1n) is 8.15. The number of hydrogen-bond acceptors (Lipinski definition) is 5. The van der Waals surface area contributed by atoms with E-state index in [1.54, 1.807) is 0 Å². The van der Waals surface area contributed by atoms with Crippen LogP contribution in [0.4, 0.5) is 0 Å². The summed E-state index contributed by atoms with van der Waals surface area (Å²) < 4.78 is 4.71. The standard InChI is InChI=1S/C20H21NO4S/c1-14(22)21-17(20(24)25-2)13-18(23)19(15-9-5-3-6-10-15)26-16-11-7-4-8-12-16/h3-12,17,19H,13H2,1-2H3,(H,21,22)/t17-,19?/m0/s1. The van der Waals surface area contributed by atoms with Crippen molar-refractivity contribution in [3.63, 3.8) is 0 Å². The Hall–Kier alpha value is -2.60. The summed E-state index contributed by atoms with van der Waals surface area (Å²) >= 11 is 1.42. The van der Waals surface area contributed by atoms with Gasteiger partial charge in [0.2, 0.25) is 5.91 Å². The summed E-state index contributed by atoms with van der Waals surface area (Å²) in [5, 5.41) is 2.00. The fourth-order valence-corrected chi connectivity index (χ4v) is 3.58. The Labute approximate surface area is 157 Å². The molecule has 0 radical (unpaired) electrons. The minimum absolute atomic E-state index is 0.133. The Morgan fingerprint density at radius 3 is 2.12 bits per heavy atom. The van der Waals surface area contributed by atoms with E-state index in [0.717, 1.165) is 10.5 Å². The third-order valence-corrected chi connectivity index (χ3v) is 4.98. The summed E-state index contributed by atoms with van der Waals surface area (Å²) in [6, 6.07) is 18.0. The molecular formula is C20H21NO4S. The van der Waals surface area contributed by atoms with Crippen LogP contribution in [0, 0.1) is 0 Å². The maximum absolute atomic E-state index is 13.0. The van der Waals surface area contributed by atoms with Crippen molar-refractivity contribution in [2.45, 2.75) is 29.5 Å². The number of nitrogens with one attached hydrogen (secondary N) is 1. The second-order valence-corrected chi connectivity index (χ2v) is 6.85. The van der Waals surface area contributed by atoms with Crippen LogP contribution in [0.5, 0.6) is 0 Å². The van der Waals surface area contributed by atoms with Gasteiger partial charge in [-0.05, 0) is 17.7 Å². The Kier molecular flexibility index (Phi) is 7.41. The van der Waals surface area contributed by atoms with Gasteiger partial charge in [0.15, 0.2) is 5.78 Å². The van der Waals surface area contributed by atoms with Gasteiger partial charge in [0.25, 0.3) is 0 Å². The topological polar surface area (TPSA) is 72.5 Å². The normalized spacial score (nSPS) is 12.7. The van der Waals surface area contributed by atoms with Gasteiger partial charge in [-0.2, -0.15) is 0 Å². The van der Waals surface area contributed by atoms with Crippen LogP contribution in [0.1, 0.15) is 24.2 Å². The third-order valence-electron chi connectivity index (χ3n) is 3.66. The van der Waals surface area contributed by atoms with Crippen LogP contribution in [0.2, 0.25) is 0 Å². The number of amides is 1. The molecule has 5 nitrogen and oxygen atoms in total. The summed E-state index contributed by atoms with van der Waals surface area (Å²) in [6.45, 7) is 1.30. The van der Waals surface area contributed by atoms with Gasteiger partial charge >= 0.3 is 5.97 Å². The number of benzene rings is 2. The van der Waals surface area contributed by atoms with E-state index >= 15 is 0 Å². The predicted molar refractivity (Wildman–Crippen MR) is 101 cm³/mol. The highest BCUT2D eigenvalue weighted by molar-refractivity contribution is 8.00. The summed E-state index contributed by atoms with van der Waals surface area (Å²) in [5.74, 6) is -1.18. The molecule has 6 heteroatoms. The average molecular weight is 371 g/mol. The molecule has 0 aliphatic carbocycles. The molecule has 0 aliphatic rings. The van der Waals surface area contributed by atoms with Crippen LogP contribution >= 0.6 is 11.8 Å². The molecule has 2 aromatic carbocycles. The lowest BCUT2D eigenvalue weighted by molar-refractivity contribution is -0.146. The van der Waals surface area contributed by atoms with E-state index in [0.29, 0.717) is 0 Å². The maximum Gasteiger partial charge on any atom is 0.328 e. The van der Waals surface area contributed by atoms with Crippen LogP contribution in [-0.4, -0.2) is 30.8 Å². The molecule has 0 fully saturated rings. The average Bonchev–Trinajstić information content (AvgIpc) is 2.66. The summed E-state index contributed by atoms with van der Waals surface area (Å²) in [7, 11) is 1.23. The molecule has 0 bridgehead atoms. The highest BCUT2D eigenvalue weighted by Gasteiger charge is 2.29. The van der Waals surface area contributed by atoms with E-state index in [9.17, 15) is 14.4 Å². The zero-order chi connectivity index (χ0) is 18.9. The van der Waals surface area contributed by atoms with Gasteiger partial charge in [-0.15, -0.1) is 11.8 Å².